The quantitative estimate of drug-likeness (QED) is 0.691. The Morgan fingerprint density at radius 3 is 2.84 bits per heavy atom. The first-order valence-corrected chi connectivity index (χ1v) is 6.29. The second kappa shape index (κ2) is 4.93. The molecule has 0 spiro atoms. The first-order chi connectivity index (χ1) is 9.29. The Hall–Kier alpha value is -2.01. The number of rotatable bonds is 3. The summed E-state index contributed by atoms with van der Waals surface area (Å²) in [5.41, 5.74) is 1.82. The van der Waals surface area contributed by atoms with Crippen LogP contribution < -0.4 is 0 Å². The Morgan fingerprint density at radius 2 is 2.11 bits per heavy atom. The molecule has 96 valence electrons. The minimum Gasteiger partial charge on any atom is -0.321 e. The van der Waals surface area contributed by atoms with Gasteiger partial charge in [0.2, 0.25) is 0 Å². The van der Waals surface area contributed by atoms with Crippen LogP contribution in [0.2, 0.25) is 0 Å². The summed E-state index contributed by atoms with van der Waals surface area (Å²) >= 11 is 5.88. The normalized spacial score (nSPS) is 11.1. The van der Waals surface area contributed by atoms with Gasteiger partial charge in [0.15, 0.2) is 5.82 Å². The van der Waals surface area contributed by atoms with Crippen LogP contribution in [0.5, 0.6) is 0 Å². The van der Waals surface area contributed by atoms with Gasteiger partial charge in [0.25, 0.3) is 0 Å². The van der Waals surface area contributed by atoms with Crippen molar-refractivity contribution < 1.29 is 4.39 Å². The average molecular weight is 277 g/mol. The third-order valence-corrected chi connectivity index (χ3v) is 3.11. The second-order valence-corrected chi connectivity index (χ2v) is 4.34. The van der Waals surface area contributed by atoms with E-state index in [2.05, 4.69) is 15.2 Å². The topological polar surface area (TPSA) is 43.6 Å². The number of para-hydroxylation sites is 1. The number of imidazole rings is 1. The highest BCUT2D eigenvalue weighted by Gasteiger charge is 2.13. The van der Waals surface area contributed by atoms with Gasteiger partial charge >= 0.3 is 0 Å². The number of hydrogen-bond donors (Lipinski definition) is 0. The molecule has 0 aliphatic carbocycles. The van der Waals surface area contributed by atoms with Crippen molar-refractivity contribution in [3.05, 3.63) is 53.9 Å². The fraction of sp³-hybridized carbons (Fsp3) is 0.154. The molecule has 19 heavy (non-hydrogen) atoms. The molecule has 0 fully saturated rings. The summed E-state index contributed by atoms with van der Waals surface area (Å²) in [4.78, 5) is 4.23. The number of hydrogen-bond acceptors (Lipinski definition) is 3. The molecule has 0 aliphatic heterocycles. The van der Waals surface area contributed by atoms with Gasteiger partial charge in [-0.3, -0.25) is 0 Å². The Bertz CT molecular complexity index is 711. The molecule has 1 aromatic carbocycles. The van der Waals surface area contributed by atoms with Gasteiger partial charge in [-0.05, 0) is 24.3 Å². The van der Waals surface area contributed by atoms with Crippen LogP contribution in [0.15, 0.2) is 36.5 Å². The summed E-state index contributed by atoms with van der Waals surface area (Å²) in [6, 6.07) is 8.53. The fourth-order valence-electron chi connectivity index (χ4n) is 2.02. The zero-order chi connectivity index (χ0) is 13.2. The molecule has 4 nitrogen and oxygen atoms in total. The van der Waals surface area contributed by atoms with Crippen molar-refractivity contribution in [2.45, 2.75) is 12.4 Å². The summed E-state index contributed by atoms with van der Waals surface area (Å²) in [5, 5.41) is 7.85. The summed E-state index contributed by atoms with van der Waals surface area (Å²) in [5.74, 6) is 0.489. The smallest absolute Gasteiger partial charge is 0.151 e. The van der Waals surface area contributed by atoms with Crippen molar-refractivity contribution in [3.63, 3.8) is 0 Å². The van der Waals surface area contributed by atoms with Crippen LogP contribution in [-0.2, 0) is 12.4 Å². The van der Waals surface area contributed by atoms with E-state index in [4.69, 9.17) is 11.6 Å². The van der Waals surface area contributed by atoms with Gasteiger partial charge in [-0.25, -0.2) is 9.37 Å². The summed E-state index contributed by atoms with van der Waals surface area (Å²) < 4.78 is 15.6. The molecule has 2 heterocycles. The number of alkyl halides is 1. The molecular formula is C13H10ClFN4. The highest BCUT2D eigenvalue weighted by Crippen LogP contribution is 2.21. The molecule has 0 saturated heterocycles. The van der Waals surface area contributed by atoms with Gasteiger partial charge in [0.1, 0.15) is 11.3 Å². The second-order valence-electron chi connectivity index (χ2n) is 4.07. The van der Waals surface area contributed by atoms with E-state index in [9.17, 15) is 4.39 Å². The van der Waals surface area contributed by atoms with E-state index in [1.165, 1.54) is 6.07 Å². The predicted octanol–water partition coefficient (Wildman–Crippen LogP) is 2.75. The monoisotopic (exact) mass is 276 g/mol. The third-order valence-electron chi connectivity index (χ3n) is 2.88. The molecular weight excluding hydrogens is 267 g/mol. The van der Waals surface area contributed by atoms with Crippen molar-refractivity contribution in [1.82, 2.24) is 19.7 Å². The van der Waals surface area contributed by atoms with Gasteiger partial charge in [-0.2, -0.15) is 10.2 Å². The van der Waals surface area contributed by atoms with Gasteiger partial charge < -0.3 is 4.57 Å². The van der Waals surface area contributed by atoms with Crippen LogP contribution in [0.25, 0.3) is 11.0 Å². The predicted molar refractivity (Wildman–Crippen MR) is 70.4 cm³/mol. The number of nitrogens with zero attached hydrogens (tertiary/aromatic N) is 4. The highest BCUT2D eigenvalue weighted by molar-refractivity contribution is 6.16. The highest BCUT2D eigenvalue weighted by atomic mass is 35.5. The van der Waals surface area contributed by atoms with Crippen LogP contribution in [0.4, 0.5) is 4.39 Å². The zero-order valence-corrected chi connectivity index (χ0v) is 10.7. The minimum absolute atomic E-state index is 0.217. The van der Waals surface area contributed by atoms with Crippen LogP contribution >= 0.6 is 11.6 Å². The Labute approximate surface area is 113 Å². The molecule has 0 N–H and O–H groups in total. The van der Waals surface area contributed by atoms with Crippen LogP contribution in [0, 0.1) is 5.82 Å². The number of halogens is 2. The molecule has 0 aliphatic rings. The van der Waals surface area contributed by atoms with E-state index in [0.29, 0.717) is 23.4 Å². The SMILES string of the molecule is Fc1cccc2c1nc(CCl)n2Cc1cccnn1. The number of fused-ring (bicyclic) bond motifs is 1. The maximum absolute atomic E-state index is 13.7. The number of aromatic nitrogens is 4. The van der Waals surface area contributed by atoms with Crippen LogP contribution in [0.1, 0.15) is 11.5 Å². The first kappa shape index (κ1) is 12.0. The van der Waals surface area contributed by atoms with Crippen LogP contribution in [0.3, 0.4) is 0 Å². The van der Waals surface area contributed by atoms with Gasteiger partial charge in [0, 0.05) is 6.20 Å². The summed E-state index contributed by atoms with van der Waals surface area (Å²) in [6.45, 7) is 0.468. The molecule has 0 radical (unpaired) electrons. The molecule has 2 aromatic heterocycles. The van der Waals surface area contributed by atoms with Gasteiger partial charge in [-0.1, -0.05) is 6.07 Å². The van der Waals surface area contributed by atoms with E-state index < -0.39 is 0 Å². The fourth-order valence-corrected chi connectivity index (χ4v) is 2.22. The average Bonchev–Trinajstić information content (AvgIpc) is 2.80. The molecule has 6 heteroatoms. The lowest BCUT2D eigenvalue weighted by Crippen LogP contribution is -2.05. The molecule has 0 amide bonds. The summed E-state index contributed by atoms with van der Waals surface area (Å²) in [7, 11) is 0. The lowest BCUT2D eigenvalue weighted by atomic mass is 10.3. The van der Waals surface area contributed by atoms with E-state index in [1.54, 1.807) is 12.3 Å². The number of benzene rings is 1. The molecule has 0 unspecified atom stereocenters. The molecule has 3 aromatic rings. The zero-order valence-electron chi connectivity index (χ0n) is 9.92. The van der Waals surface area contributed by atoms with E-state index in [-0.39, 0.29) is 11.7 Å². The van der Waals surface area contributed by atoms with Crippen molar-refractivity contribution in [2.24, 2.45) is 0 Å². The Kier molecular flexibility index (Phi) is 3.13. The maximum Gasteiger partial charge on any atom is 0.151 e. The maximum atomic E-state index is 13.7. The van der Waals surface area contributed by atoms with E-state index in [1.807, 2.05) is 22.8 Å². The molecule has 0 bridgehead atoms. The molecule has 3 rings (SSSR count). The Balaban J connectivity index is 2.14. The lowest BCUT2D eigenvalue weighted by Gasteiger charge is -2.06. The first-order valence-electron chi connectivity index (χ1n) is 5.76. The van der Waals surface area contributed by atoms with Gasteiger partial charge in [-0.15, -0.1) is 11.6 Å². The van der Waals surface area contributed by atoms with Crippen molar-refractivity contribution in [2.75, 3.05) is 0 Å². The largest absolute Gasteiger partial charge is 0.321 e. The molecule has 0 saturated carbocycles. The third kappa shape index (κ3) is 2.17. The van der Waals surface area contributed by atoms with Crippen molar-refractivity contribution in [1.29, 1.82) is 0 Å². The summed E-state index contributed by atoms with van der Waals surface area (Å²) in [6.07, 6.45) is 1.61. The van der Waals surface area contributed by atoms with Crippen molar-refractivity contribution >= 4 is 22.6 Å². The lowest BCUT2D eigenvalue weighted by molar-refractivity contribution is 0.637. The van der Waals surface area contributed by atoms with E-state index >= 15 is 0 Å². The van der Waals surface area contributed by atoms with Crippen molar-refractivity contribution in [3.8, 4) is 0 Å². The van der Waals surface area contributed by atoms with Crippen LogP contribution in [-0.4, -0.2) is 19.7 Å². The van der Waals surface area contributed by atoms with Gasteiger partial charge in [0.05, 0.1) is 23.6 Å². The minimum atomic E-state index is -0.346. The molecule has 0 atom stereocenters. The Morgan fingerprint density at radius 1 is 1.21 bits per heavy atom. The van der Waals surface area contributed by atoms with E-state index in [0.717, 1.165) is 5.69 Å². The standard InChI is InChI=1S/C13H10ClFN4/c14-7-12-17-13-10(15)4-1-5-11(13)19(12)8-9-3-2-6-16-18-9/h1-6H,7-8H2.